The Bertz CT molecular complexity index is 99.1. The molecule has 2 atom stereocenters. The van der Waals surface area contributed by atoms with Gasteiger partial charge in [0.1, 0.15) is 6.67 Å². The molecular formula is C3H5F2O3S-. The molecule has 0 aromatic heterocycles. The summed E-state index contributed by atoms with van der Waals surface area (Å²) in [6, 6.07) is 0. The third-order valence-corrected chi connectivity index (χ3v) is 0.841. The predicted molar refractivity (Wildman–Crippen MR) is 25.7 cm³/mol. The van der Waals surface area contributed by atoms with E-state index in [4.69, 9.17) is 0 Å². The van der Waals surface area contributed by atoms with E-state index in [2.05, 4.69) is 4.18 Å². The molecule has 0 amide bonds. The number of halogens is 2. The van der Waals surface area contributed by atoms with Crippen molar-refractivity contribution in [3.8, 4) is 0 Å². The van der Waals surface area contributed by atoms with Crippen LogP contribution in [0.2, 0.25) is 0 Å². The fourth-order valence-corrected chi connectivity index (χ4v) is 0.433. The van der Waals surface area contributed by atoms with Crippen molar-refractivity contribution in [1.82, 2.24) is 0 Å². The van der Waals surface area contributed by atoms with Crippen LogP contribution >= 0.6 is 0 Å². The first-order valence-corrected chi connectivity index (χ1v) is 3.09. The van der Waals surface area contributed by atoms with Gasteiger partial charge in [0.05, 0.1) is 18.0 Å². The van der Waals surface area contributed by atoms with Crippen LogP contribution in [0.1, 0.15) is 0 Å². The highest BCUT2D eigenvalue weighted by Gasteiger charge is 2.04. The van der Waals surface area contributed by atoms with E-state index in [1.165, 1.54) is 0 Å². The Morgan fingerprint density at radius 2 is 2.33 bits per heavy atom. The van der Waals surface area contributed by atoms with E-state index in [1.807, 2.05) is 0 Å². The van der Waals surface area contributed by atoms with Crippen molar-refractivity contribution < 1.29 is 21.7 Å². The van der Waals surface area contributed by atoms with Crippen molar-refractivity contribution >= 4 is 11.4 Å². The van der Waals surface area contributed by atoms with Crippen molar-refractivity contribution in [2.75, 3.05) is 13.3 Å². The van der Waals surface area contributed by atoms with Crippen molar-refractivity contribution in [3.05, 3.63) is 0 Å². The van der Waals surface area contributed by atoms with Crippen molar-refractivity contribution in [3.63, 3.8) is 0 Å². The Labute approximate surface area is 53.5 Å². The molecule has 0 heterocycles. The van der Waals surface area contributed by atoms with Crippen LogP contribution in [0, 0.1) is 0 Å². The van der Waals surface area contributed by atoms with Crippen LogP contribution in [0.4, 0.5) is 8.78 Å². The Morgan fingerprint density at radius 1 is 1.78 bits per heavy atom. The Kier molecular flexibility index (Phi) is 4.74. The predicted octanol–water partition coefficient (Wildman–Crippen LogP) is 0.105. The van der Waals surface area contributed by atoms with Gasteiger partial charge in [-0.3, -0.25) is 4.18 Å². The minimum absolute atomic E-state index is 0.743. The maximum Gasteiger partial charge on any atom is 0.153 e. The number of hydrogen-bond acceptors (Lipinski definition) is 3. The van der Waals surface area contributed by atoms with Gasteiger partial charge in [-0.05, 0) is 0 Å². The average Bonchev–Trinajstić information content (AvgIpc) is 1.83. The molecule has 0 saturated carbocycles. The summed E-state index contributed by atoms with van der Waals surface area (Å²) in [5.41, 5.74) is 0. The fraction of sp³-hybridized carbons (Fsp3) is 1.00. The smallest absolute Gasteiger partial charge is 0.153 e. The molecule has 0 fully saturated rings. The molecule has 0 saturated heterocycles. The summed E-state index contributed by atoms with van der Waals surface area (Å²) in [6.07, 6.45) is -1.84. The standard InChI is InChI=1S/C3H6F2O3S/c4-1-3(5)2-8-9(6)7/h3H,1-2H2,(H,6,7)/p-1. The van der Waals surface area contributed by atoms with Crippen molar-refractivity contribution in [1.29, 1.82) is 0 Å². The Hall–Kier alpha value is -0.0700. The van der Waals surface area contributed by atoms with Gasteiger partial charge in [-0.1, -0.05) is 0 Å². The van der Waals surface area contributed by atoms with Gasteiger partial charge in [-0.25, -0.2) is 13.0 Å². The molecule has 0 bridgehead atoms. The van der Waals surface area contributed by atoms with Gasteiger partial charge in [0.25, 0.3) is 0 Å². The van der Waals surface area contributed by atoms with Crippen LogP contribution in [-0.4, -0.2) is 28.2 Å². The molecule has 9 heavy (non-hydrogen) atoms. The summed E-state index contributed by atoms with van der Waals surface area (Å²) in [6.45, 7) is -1.97. The van der Waals surface area contributed by atoms with Crippen LogP contribution < -0.4 is 0 Å². The van der Waals surface area contributed by atoms with E-state index < -0.39 is 30.8 Å². The number of alkyl halides is 2. The SMILES string of the molecule is O=S([O-])OCC(F)CF. The van der Waals surface area contributed by atoms with E-state index in [0.717, 1.165) is 0 Å². The van der Waals surface area contributed by atoms with E-state index in [1.54, 1.807) is 0 Å². The first-order valence-electron chi connectivity index (χ1n) is 2.09. The quantitative estimate of drug-likeness (QED) is 0.547. The minimum atomic E-state index is -2.74. The number of hydrogen-bond donors (Lipinski definition) is 0. The van der Waals surface area contributed by atoms with Gasteiger partial charge < -0.3 is 4.55 Å². The summed E-state index contributed by atoms with van der Waals surface area (Å²) in [5, 5.41) is 0. The van der Waals surface area contributed by atoms with Crippen LogP contribution in [0.3, 0.4) is 0 Å². The largest absolute Gasteiger partial charge is 0.750 e. The second kappa shape index (κ2) is 4.78. The van der Waals surface area contributed by atoms with Gasteiger partial charge in [0.15, 0.2) is 6.17 Å². The molecule has 3 nitrogen and oxygen atoms in total. The van der Waals surface area contributed by atoms with Crippen LogP contribution in [0.25, 0.3) is 0 Å². The van der Waals surface area contributed by atoms with E-state index in [-0.39, 0.29) is 0 Å². The van der Waals surface area contributed by atoms with Crippen LogP contribution in [-0.2, 0) is 15.5 Å². The lowest BCUT2D eigenvalue weighted by molar-refractivity contribution is 0.166. The Balaban J connectivity index is 3.16. The van der Waals surface area contributed by atoms with Gasteiger partial charge in [-0.2, -0.15) is 0 Å². The molecule has 0 radical (unpaired) electrons. The van der Waals surface area contributed by atoms with Crippen LogP contribution in [0.15, 0.2) is 0 Å². The third-order valence-electron chi connectivity index (χ3n) is 0.513. The Morgan fingerprint density at radius 3 is 2.67 bits per heavy atom. The summed E-state index contributed by atoms with van der Waals surface area (Å²) in [7, 11) is 0. The summed E-state index contributed by atoms with van der Waals surface area (Å²) in [5.74, 6) is 0. The molecule has 0 aromatic rings. The van der Waals surface area contributed by atoms with E-state index >= 15 is 0 Å². The van der Waals surface area contributed by atoms with Crippen molar-refractivity contribution in [2.24, 2.45) is 0 Å². The van der Waals surface area contributed by atoms with Crippen molar-refractivity contribution in [2.45, 2.75) is 6.17 Å². The van der Waals surface area contributed by atoms with Gasteiger partial charge in [0, 0.05) is 0 Å². The van der Waals surface area contributed by atoms with Gasteiger partial charge in [-0.15, -0.1) is 0 Å². The molecule has 0 spiro atoms. The lowest BCUT2D eigenvalue weighted by Crippen LogP contribution is -2.13. The first kappa shape index (κ1) is 8.93. The molecule has 6 heteroatoms. The third kappa shape index (κ3) is 5.81. The second-order valence-corrected chi connectivity index (χ2v) is 1.88. The zero-order valence-corrected chi connectivity index (χ0v) is 5.20. The zero-order chi connectivity index (χ0) is 7.28. The summed E-state index contributed by atoms with van der Waals surface area (Å²) in [4.78, 5) is 0. The van der Waals surface area contributed by atoms with Gasteiger partial charge in [0.2, 0.25) is 0 Å². The molecular weight excluding hydrogens is 154 g/mol. The molecule has 56 valence electrons. The number of rotatable bonds is 4. The van der Waals surface area contributed by atoms with Gasteiger partial charge >= 0.3 is 0 Å². The molecule has 0 aromatic carbocycles. The average molecular weight is 159 g/mol. The minimum Gasteiger partial charge on any atom is -0.750 e. The molecule has 0 aliphatic carbocycles. The summed E-state index contributed by atoms with van der Waals surface area (Å²) < 4.78 is 45.6. The monoisotopic (exact) mass is 159 g/mol. The second-order valence-electron chi connectivity index (χ2n) is 1.24. The molecule has 0 aliphatic rings. The highest BCUT2D eigenvalue weighted by atomic mass is 32.2. The van der Waals surface area contributed by atoms with Crippen LogP contribution in [0.5, 0.6) is 0 Å². The fourth-order valence-electron chi connectivity index (χ4n) is 0.174. The summed E-state index contributed by atoms with van der Waals surface area (Å²) >= 11 is -2.74. The maximum atomic E-state index is 11.7. The highest BCUT2D eigenvalue weighted by molar-refractivity contribution is 7.74. The molecule has 0 rings (SSSR count). The molecule has 0 N–H and O–H groups in total. The lowest BCUT2D eigenvalue weighted by atomic mass is 10.5. The molecule has 2 unspecified atom stereocenters. The zero-order valence-electron chi connectivity index (χ0n) is 4.38. The first-order chi connectivity index (χ1) is 4.16. The normalized spacial score (nSPS) is 17.2. The maximum absolute atomic E-state index is 11.7. The lowest BCUT2D eigenvalue weighted by Gasteiger charge is -2.05. The molecule has 0 aliphatic heterocycles. The van der Waals surface area contributed by atoms with E-state index in [9.17, 15) is 17.5 Å². The van der Waals surface area contributed by atoms with E-state index in [0.29, 0.717) is 0 Å². The topological polar surface area (TPSA) is 49.4 Å². The highest BCUT2D eigenvalue weighted by Crippen LogP contribution is 1.93.